The highest BCUT2D eigenvalue weighted by atomic mass is 16.5. The summed E-state index contributed by atoms with van der Waals surface area (Å²) in [5, 5.41) is 0. The minimum Gasteiger partial charge on any atom is -0.493 e. The van der Waals surface area contributed by atoms with E-state index in [2.05, 4.69) is 13.0 Å². The van der Waals surface area contributed by atoms with E-state index in [4.69, 9.17) is 10.5 Å². The Hall–Kier alpha value is -1.02. The molecule has 1 unspecified atom stereocenters. The molecule has 70 valence electrons. The summed E-state index contributed by atoms with van der Waals surface area (Å²) in [6, 6.07) is 6.27. The Morgan fingerprint density at radius 1 is 1.46 bits per heavy atom. The molecule has 0 bridgehead atoms. The van der Waals surface area contributed by atoms with Crippen LogP contribution in [0, 0.1) is 6.92 Å². The van der Waals surface area contributed by atoms with Gasteiger partial charge in [0.25, 0.3) is 0 Å². The Morgan fingerprint density at radius 2 is 2.31 bits per heavy atom. The fourth-order valence-corrected chi connectivity index (χ4v) is 1.88. The zero-order valence-electron chi connectivity index (χ0n) is 7.92. The molecule has 1 aromatic rings. The van der Waals surface area contributed by atoms with Gasteiger partial charge in [-0.2, -0.15) is 0 Å². The Bertz CT molecular complexity index is 309. The molecular weight excluding hydrogens is 162 g/mol. The van der Waals surface area contributed by atoms with Gasteiger partial charge in [-0.25, -0.2) is 0 Å². The largest absolute Gasteiger partial charge is 0.493 e. The highest BCUT2D eigenvalue weighted by Crippen LogP contribution is 2.32. The Kier molecular flexibility index (Phi) is 2.23. The first-order valence-electron chi connectivity index (χ1n) is 4.77. The lowest BCUT2D eigenvalue weighted by Gasteiger charge is -2.14. The third kappa shape index (κ3) is 1.54. The van der Waals surface area contributed by atoms with Gasteiger partial charge in [0.2, 0.25) is 0 Å². The van der Waals surface area contributed by atoms with Crippen LogP contribution in [0.25, 0.3) is 0 Å². The van der Waals surface area contributed by atoms with E-state index < -0.39 is 0 Å². The minimum absolute atomic E-state index is 0.152. The number of fused-ring (bicyclic) bond motifs is 1. The molecule has 1 heterocycles. The predicted molar refractivity (Wildman–Crippen MR) is 52.8 cm³/mol. The van der Waals surface area contributed by atoms with Gasteiger partial charge in [0, 0.05) is 11.6 Å². The number of rotatable bonds is 0. The molecule has 1 aliphatic rings. The van der Waals surface area contributed by atoms with Crippen molar-refractivity contribution in [1.82, 2.24) is 0 Å². The van der Waals surface area contributed by atoms with Crippen molar-refractivity contribution in [3.05, 3.63) is 29.3 Å². The summed E-state index contributed by atoms with van der Waals surface area (Å²) in [5.74, 6) is 0.977. The predicted octanol–water partition coefficient (Wildman–Crippen LogP) is 2.17. The van der Waals surface area contributed by atoms with Crippen LogP contribution in [0.4, 0.5) is 0 Å². The molecule has 0 fully saturated rings. The molecule has 1 atom stereocenters. The Balaban J connectivity index is 2.48. The van der Waals surface area contributed by atoms with Crippen LogP contribution in [0.5, 0.6) is 5.75 Å². The molecule has 2 rings (SSSR count). The number of hydrogen-bond acceptors (Lipinski definition) is 2. The number of nitrogens with two attached hydrogens (primary N) is 1. The van der Waals surface area contributed by atoms with Crippen LogP contribution in [0.2, 0.25) is 0 Å². The maximum atomic E-state index is 6.07. The molecule has 1 aromatic carbocycles. The van der Waals surface area contributed by atoms with Crippen molar-refractivity contribution in [2.45, 2.75) is 25.8 Å². The second-order valence-corrected chi connectivity index (χ2v) is 3.58. The van der Waals surface area contributed by atoms with E-state index in [1.54, 1.807) is 0 Å². The van der Waals surface area contributed by atoms with Crippen LogP contribution < -0.4 is 10.5 Å². The van der Waals surface area contributed by atoms with Crippen LogP contribution in [-0.4, -0.2) is 6.61 Å². The minimum atomic E-state index is 0.152. The first-order valence-corrected chi connectivity index (χ1v) is 4.77. The third-order valence-electron chi connectivity index (χ3n) is 2.57. The van der Waals surface area contributed by atoms with Crippen molar-refractivity contribution in [2.24, 2.45) is 5.73 Å². The van der Waals surface area contributed by atoms with E-state index in [1.807, 2.05) is 12.1 Å². The van der Waals surface area contributed by atoms with Gasteiger partial charge < -0.3 is 10.5 Å². The second-order valence-electron chi connectivity index (χ2n) is 3.58. The lowest BCUT2D eigenvalue weighted by molar-refractivity contribution is 0.316. The number of hydrogen-bond donors (Lipinski definition) is 1. The zero-order chi connectivity index (χ0) is 9.26. The summed E-state index contributed by atoms with van der Waals surface area (Å²) in [6.45, 7) is 2.89. The summed E-state index contributed by atoms with van der Waals surface area (Å²) in [5.41, 5.74) is 8.50. The Labute approximate surface area is 78.7 Å². The van der Waals surface area contributed by atoms with E-state index >= 15 is 0 Å². The molecule has 13 heavy (non-hydrogen) atoms. The lowest BCUT2D eigenvalue weighted by atomic mass is 9.98. The SMILES string of the molecule is Cc1cccc2c1C(N)CCCO2. The maximum Gasteiger partial charge on any atom is 0.124 e. The van der Waals surface area contributed by atoms with Crippen molar-refractivity contribution >= 4 is 0 Å². The summed E-state index contributed by atoms with van der Waals surface area (Å²) in [6.07, 6.45) is 2.08. The second kappa shape index (κ2) is 3.38. The molecule has 2 heteroatoms. The molecule has 0 amide bonds. The van der Waals surface area contributed by atoms with Gasteiger partial charge in [-0.05, 0) is 31.4 Å². The third-order valence-corrected chi connectivity index (χ3v) is 2.57. The van der Waals surface area contributed by atoms with E-state index in [0.717, 1.165) is 25.2 Å². The molecule has 0 saturated heterocycles. The molecule has 0 radical (unpaired) electrons. The fourth-order valence-electron chi connectivity index (χ4n) is 1.88. The van der Waals surface area contributed by atoms with Gasteiger partial charge in [0.15, 0.2) is 0 Å². The van der Waals surface area contributed by atoms with Crippen LogP contribution in [0.15, 0.2) is 18.2 Å². The smallest absolute Gasteiger partial charge is 0.124 e. The van der Waals surface area contributed by atoms with Crippen molar-refractivity contribution in [2.75, 3.05) is 6.61 Å². The maximum absolute atomic E-state index is 6.07. The highest BCUT2D eigenvalue weighted by Gasteiger charge is 2.17. The van der Waals surface area contributed by atoms with E-state index in [1.165, 1.54) is 11.1 Å². The standard InChI is InChI=1S/C11H15NO/c1-8-4-2-6-10-11(8)9(12)5-3-7-13-10/h2,4,6,9H,3,5,7,12H2,1H3. The number of benzene rings is 1. The average molecular weight is 177 g/mol. The normalized spacial score (nSPS) is 21.5. The molecular formula is C11H15NO. The van der Waals surface area contributed by atoms with E-state index in [9.17, 15) is 0 Å². The molecule has 0 saturated carbocycles. The summed E-state index contributed by atoms with van der Waals surface area (Å²) < 4.78 is 5.62. The van der Waals surface area contributed by atoms with Crippen LogP contribution >= 0.6 is 0 Å². The molecule has 2 nitrogen and oxygen atoms in total. The van der Waals surface area contributed by atoms with Crippen LogP contribution in [0.1, 0.15) is 30.0 Å². The first kappa shape index (κ1) is 8.57. The quantitative estimate of drug-likeness (QED) is 0.659. The van der Waals surface area contributed by atoms with Gasteiger partial charge in [-0.3, -0.25) is 0 Å². The molecule has 2 N–H and O–H groups in total. The fraction of sp³-hybridized carbons (Fsp3) is 0.455. The van der Waals surface area contributed by atoms with Crippen molar-refractivity contribution in [3.8, 4) is 5.75 Å². The molecule has 0 spiro atoms. The summed E-state index contributed by atoms with van der Waals surface area (Å²) >= 11 is 0. The lowest BCUT2D eigenvalue weighted by Crippen LogP contribution is -2.10. The number of ether oxygens (including phenoxy) is 1. The van der Waals surface area contributed by atoms with E-state index in [-0.39, 0.29) is 6.04 Å². The van der Waals surface area contributed by atoms with E-state index in [0.29, 0.717) is 0 Å². The van der Waals surface area contributed by atoms with Crippen molar-refractivity contribution in [1.29, 1.82) is 0 Å². The summed E-state index contributed by atoms with van der Waals surface area (Å²) in [4.78, 5) is 0. The molecule has 1 aliphatic heterocycles. The topological polar surface area (TPSA) is 35.2 Å². The zero-order valence-corrected chi connectivity index (χ0v) is 7.92. The van der Waals surface area contributed by atoms with Gasteiger partial charge >= 0.3 is 0 Å². The van der Waals surface area contributed by atoms with Gasteiger partial charge in [0.05, 0.1) is 6.61 Å². The van der Waals surface area contributed by atoms with Gasteiger partial charge in [-0.15, -0.1) is 0 Å². The van der Waals surface area contributed by atoms with Crippen molar-refractivity contribution in [3.63, 3.8) is 0 Å². The Morgan fingerprint density at radius 3 is 3.15 bits per heavy atom. The highest BCUT2D eigenvalue weighted by molar-refractivity contribution is 5.42. The average Bonchev–Trinajstić information content (AvgIpc) is 2.29. The molecule has 0 aliphatic carbocycles. The molecule has 0 aromatic heterocycles. The van der Waals surface area contributed by atoms with Crippen molar-refractivity contribution < 1.29 is 4.74 Å². The summed E-state index contributed by atoms with van der Waals surface area (Å²) in [7, 11) is 0. The first-order chi connectivity index (χ1) is 6.29. The monoisotopic (exact) mass is 177 g/mol. The van der Waals surface area contributed by atoms with Crippen LogP contribution in [0.3, 0.4) is 0 Å². The van der Waals surface area contributed by atoms with Gasteiger partial charge in [-0.1, -0.05) is 12.1 Å². The van der Waals surface area contributed by atoms with Gasteiger partial charge in [0.1, 0.15) is 5.75 Å². The van der Waals surface area contributed by atoms with Crippen LogP contribution in [-0.2, 0) is 0 Å². The number of aryl methyl sites for hydroxylation is 1.